The SMILES string of the molecule is O=C1C2=C(CCCC2)C(=O)N1c1cc([N+](=O)[O-])c(Cl)cc1F.O=C1C2=C(CCCC2)C(=O)N1c1ccc(Cl)cc1F. The molecule has 2 heterocycles. The largest absolute Gasteiger partial charge is 0.290 e. The van der Waals surface area contributed by atoms with Gasteiger partial charge in [-0.1, -0.05) is 23.2 Å². The van der Waals surface area contributed by atoms with Gasteiger partial charge in [0.15, 0.2) is 0 Å². The van der Waals surface area contributed by atoms with Gasteiger partial charge in [-0.2, -0.15) is 0 Å². The monoisotopic (exact) mass is 603 g/mol. The molecule has 2 aromatic carbocycles. The third-order valence-corrected chi connectivity index (χ3v) is 7.92. The fourth-order valence-corrected chi connectivity index (χ4v) is 5.80. The van der Waals surface area contributed by atoms with Crippen molar-refractivity contribution in [2.45, 2.75) is 51.4 Å². The van der Waals surface area contributed by atoms with Crippen LogP contribution in [0, 0.1) is 21.7 Å². The van der Waals surface area contributed by atoms with Gasteiger partial charge in [0, 0.05) is 39.4 Å². The van der Waals surface area contributed by atoms with Gasteiger partial charge in [0.25, 0.3) is 29.3 Å². The van der Waals surface area contributed by atoms with Gasteiger partial charge >= 0.3 is 0 Å². The van der Waals surface area contributed by atoms with Gasteiger partial charge in [-0.15, -0.1) is 0 Å². The number of benzene rings is 2. The van der Waals surface area contributed by atoms with E-state index in [4.69, 9.17) is 23.2 Å². The number of amides is 4. The number of anilines is 2. The highest BCUT2D eigenvalue weighted by Gasteiger charge is 2.42. The van der Waals surface area contributed by atoms with Crippen molar-refractivity contribution in [1.82, 2.24) is 0 Å². The van der Waals surface area contributed by atoms with Crippen LogP contribution in [0.4, 0.5) is 25.8 Å². The molecule has 0 atom stereocenters. The predicted molar refractivity (Wildman–Crippen MR) is 145 cm³/mol. The van der Waals surface area contributed by atoms with Gasteiger partial charge in [0.1, 0.15) is 16.7 Å². The molecule has 212 valence electrons. The Morgan fingerprint density at radius 3 is 1.49 bits per heavy atom. The van der Waals surface area contributed by atoms with Crippen molar-refractivity contribution in [2.75, 3.05) is 9.80 Å². The molecule has 13 heteroatoms. The van der Waals surface area contributed by atoms with E-state index >= 15 is 0 Å². The van der Waals surface area contributed by atoms with Crippen LogP contribution in [0.1, 0.15) is 51.4 Å². The molecule has 0 unspecified atom stereocenters. The van der Waals surface area contributed by atoms with Crippen LogP contribution in [0.15, 0.2) is 52.6 Å². The molecule has 0 radical (unpaired) electrons. The Morgan fingerprint density at radius 2 is 1.07 bits per heavy atom. The summed E-state index contributed by atoms with van der Waals surface area (Å²) in [5, 5.41) is 10.8. The Bertz CT molecular complexity index is 1560. The molecule has 6 rings (SSSR count). The van der Waals surface area contributed by atoms with E-state index in [9.17, 15) is 38.1 Å². The number of carbonyl (C=O) groups excluding carboxylic acids is 4. The molecule has 4 aliphatic rings. The van der Waals surface area contributed by atoms with Crippen LogP contribution < -0.4 is 9.80 Å². The fourth-order valence-electron chi connectivity index (χ4n) is 5.42. The number of hydrogen-bond acceptors (Lipinski definition) is 6. The highest BCUT2D eigenvalue weighted by Crippen LogP contribution is 2.40. The Morgan fingerprint density at radius 1 is 0.659 bits per heavy atom. The summed E-state index contributed by atoms with van der Waals surface area (Å²) in [6, 6.07) is 5.51. The maximum Gasteiger partial charge on any atom is 0.290 e. The molecule has 0 saturated heterocycles. The molecule has 0 aromatic heterocycles. The Kier molecular flexibility index (Phi) is 7.76. The Balaban J connectivity index is 0.000000166. The first-order chi connectivity index (χ1) is 19.5. The molecule has 41 heavy (non-hydrogen) atoms. The summed E-state index contributed by atoms with van der Waals surface area (Å²) >= 11 is 11.3. The first-order valence-corrected chi connectivity index (χ1v) is 13.6. The number of rotatable bonds is 3. The number of nitrogens with zero attached hydrogens (tertiary/aromatic N) is 3. The second-order valence-corrected chi connectivity index (χ2v) is 10.7. The lowest BCUT2D eigenvalue weighted by molar-refractivity contribution is -0.384. The van der Waals surface area contributed by atoms with Crippen LogP contribution in [0.25, 0.3) is 0 Å². The summed E-state index contributed by atoms with van der Waals surface area (Å²) in [4.78, 5) is 60.9. The summed E-state index contributed by atoms with van der Waals surface area (Å²) in [5.41, 5.74) is 0.857. The zero-order valence-electron chi connectivity index (χ0n) is 21.3. The molecule has 0 bridgehead atoms. The highest BCUT2D eigenvalue weighted by molar-refractivity contribution is 6.35. The molecule has 2 aliphatic carbocycles. The van der Waals surface area contributed by atoms with Crippen LogP contribution in [-0.2, 0) is 19.2 Å². The minimum Gasteiger partial charge on any atom is -0.269 e. The van der Waals surface area contributed by atoms with Gasteiger partial charge in [0.05, 0.1) is 16.3 Å². The summed E-state index contributed by atoms with van der Waals surface area (Å²) < 4.78 is 28.0. The van der Waals surface area contributed by atoms with Crippen molar-refractivity contribution in [3.05, 3.63) is 84.4 Å². The van der Waals surface area contributed by atoms with E-state index in [1.807, 2.05) is 0 Å². The summed E-state index contributed by atoms with van der Waals surface area (Å²) in [7, 11) is 0. The molecular formula is C28H21Cl2F2N3O6. The van der Waals surface area contributed by atoms with Gasteiger partial charge in [-0.3, -0.25) is 29.3 Å². The lowest BCUT2D eigenvalue weighted by Gasteiger charge is -2.16. The number of halogens is 4. The van der Waals surface area contributed by atoms with Crippen molar-refractivity contribution in [3.63, 3.8) is 0 Å². The molecular weight excluding hydrogens is 583 g/mol. The normalized spacial score (nSPS) is 18.5. The quantitative estimate of drug-likeness (QED) is 0.229. The molecule has 0 saturated carbocycles. The Hall–Kier alpha value is -3.96. The summed E-state index contributed by atoms with van der Waals surface area (Å²) in [6.45, 7) is 0. The van der Waals surface area contributed by atoms with Gasteiger partial charge in [0.2, 0.25) is 0 Å². The number of nitro groups is 1. The van der Waals surface area contributed by atoms with Crippen molar-refractivity contribution < 1.29 is 32.9 Å². The van der Waals surface area contributed by atoms with E-state index in [1.54, 1.807) is 0 Å². The average molecular weight is 604 g/mol. The first-order valence-electron chi connectivity index (χ1n) is 12.8. The minimum absolute atomic E-state index is 0.0196. The highest BCUT2D eigenvalue weighted by atomic mass is 35.5. The number of hydrogen-bond donors (Lipinski definition) is 0. The van der Waals surface area contributed by atoms with Gasteiger partial charge < -0.3 is 0 Å². The van der Waals surface area contributed by atoms with Crippen molar-refractivity contribution >= 4 is 63.9 Å². The minimum atomic E-state index is -0.947. The van der Waals surface area contributed by atoms with Crippen LogP contribution in [0.3, 0.4) is 0 Å². The number of carbonyl (C=O) groups is 4. The zero-order chi connectivity index (χ0) is 29.6. The zero-order valence-corrected chi connectivity index (χ0v) is 22.9. The number of imide groups is 2. The number of nitro benzene ring substituents is 1. The third kappa shape index (κ3) is 5.04. The summed E-state index contributed by atoms with van der Waals surface area (Å²) in [5.74, 6) is -3.58. The third-order valence-electron chi connectivity index (χ3n) is 7.39. The van der Waals surface area contributed by atoms with E-state index in [0.29, 0.717) is 52.9 Å². The summed E-state index contributed by atoms with van der Waals surface area (Å²) in [6.07, 6.45) is 5.51. The molecule has 0 N–H and O–H groups in total. The van der Waals surface area contributed by atoms with Gasteiger partial charge in [-0.05, 0) is 69.6 Å². The van der Waals surface area contributed by atoms with Crippen molar-refractivity contribution in [2.24, 2.45) is 0 Å². The molecule has 0 fully saturated rings. The van der Waals surface area contributed by atoms with E-state index in [0.717, 1.165) is 48.8 Å². The van der Waals surface area contributed by atoms with Crippen molar-refractivity contribution in [1.29, 1.82) is 0 Å². The van der Waals surface area contributed by atoms with Crippen LogP contribution in [0.5, 0.6) is 0 Å². The fraction of sp³-hybridized carbons (Fsp3) is 0.286. The predicted octanol–water partition coefficient (Wildman–Crippen LogP) is 6.35. The van der Waals surface area contributed by atoms with E-state index in [-0.39, 0.29) is 27.5 Å². The molecule has 2 aromatic rings. The first kappa shape index (κ1) is 28.6. The maximum absolute atomic E-state index is 14.1. The van der Waals surface area contributed by atoms with Crippen LogP contribution in [0.2, 0.25) is 10.0 Å². The maximum atomic E-state index is 14.1. The molecule has 9 nitrogen and oxygen atoms in total. The second-order valence-electron chi connectivity index (χ2n) is 9.83. The molecule has 2 aliphatic heterocycles. The molecule has 0 spiro atoms. The lowest BCUT2D eigenvalue weighted by Crippen LogP contribution is -2.32. The molecule has 4 amide bonds. The topological polar surface area (TPSA) is 118 Å². The Labute approximate surface area is 242 Å². The van der Waals surface area contributed by atoms with E-state index in [1.165, 1.54) is 12.1 Å². The smallest absolute Gasteiger partial charge is 0.269 e. The van der Waals surface area contributed by atoms with Crippen LogP contribution in [-0.4, -0.2) is 28.6 Å². The lowest BCUT2D eigenvalue weighted by atomic mass is 9.93. The second kappa shape index (κ2) is 11.1. The van der Waals surface area contributed by atoms with E-state index < -0.39 is 39.7 Å². The van der Waals surface area contributed by atoms with Gasteiger partial charge in [-0.25, -0.2) is 18.6 Å². The van der Waals surface area contributed by atoms with E-state index in [2.05, 4.69) is 0 Å². The average Bonchev–Trinajstić information content (AvgIpc) is 3.34. The standard InChI is InChI=1S/C14H10ClFN2O4.C14H11ClFNO2/c15-9-5-10(16)12(6-11(9)18(21)22)17-13(19)7-3-1-2-4-8(7)14(17)20;15-8-5-6-12(11(16)7-8)17-13(18)9-3-1-2-4-10(9)14(17)19/h5-6H,1-4H2;5-7H,1-4H2. The van der Waals surface area contributed by atoms with Crippen molar-refractivity contribution in [3.8, 4) is 0 Å². The van der Waals surface area contributed by atoms with Crippen LogP contribution >= 0.6 is 23.2 Å².